The van der Waals surface area contributed by atoms with Gasteiger partial charge in [-0.1, -0.05) is 50.2 Å². The monoisotopic (exact) mass is 468 g/mol. The number of aryl methyl sites for hydroxylation is 2. The van der Waals surface area contributed by atoms with Crippen LogP contribution < -0.4 is 0 Å². The van der Waals surface area contributed by atoms with Gasteiger partial charge >= 0.3 is 0 Å². The Hall–Kier alpha value is -4.24. The van der Waals surface area contributed by atoms with Gasteiger partial charge in [0.15, 0.2) is 0 Å². The van der Waals surface area contributed by atoms with E-state index in [9.17, 15) is 0 Å². The molecule has 3 aromatic carbocycles. The largest absolute Gasteiger partial charge is 0.455 e. The molecule has 3 heterocycles. The summed E-state index contributed by atoms with van der Waals surface area (Å²) in [7, 11) is 0. The van der Waals surface area contributed by atoms with Gasteiger partial charge < -0.3 is 4.42 Å². The van der Waals surface area contributed by atoms with Crippen LogP contribution in [0.15, 0.2) is 95.7 Å². The minimum absolute atomic E-state index is 0.458. The fourth-order valence-electron chi connectivity index (χ4n) is 4.78. The Morgan fingerprint density at radius 1 is 0.667 bits per heavy atom. The highest BCUT2D eigenvalue weighted by Gasteiger charge is 2.16. The van der Waals surface area contributed by atoms with Crippen molar-refractivity contribution in [3.63, 3.8) is 0 Å². The highest BCUT2D eigenvalue weighted by Crippen LogP contribution is 2.39. The second-order valence-corrected chi connectivity index (χ2v) is 9.86. The molecule has 3 heteroatoms. The lowest BCUT2D eigenvalue weighted by Crippen LogP contribution is -1.92. The standard InChI is InChI=1S/C33H28N2O/c1-20(2)23-12-13-34-30(18-23)25-9-7-8-24(15-25)26-16-28-27-10-5-6-11-32(27)36-33(28)29(17-26)31-14-21(3)22(4)19-35-31/h5-20H,1-4H3. The number of hydrogen-bond donors (Lipinski definition) is 0. The molecule has 0 saturated heterocycles. The van der Waals surface area contributed by atoms with Gasteiger partial charge in [0.05, 0.1) is 11.4 Å². The zero-order valence-corrected chi connectivity index (χ0v) is 21.0. The van der Waals surface area contributed by atoms with Crippen LogP contribution >= 0.6 is 0 Å². The Labute approximate surface area is 211 Å². The molecular formula is C33H28N2O. The third-order valence-electron chi connectivity index (χ3n) is 7.07. The lowest BCUT2D eigenvalue weighted by atomic mass is 9.95. The number of pyridine rings is 2. The van der Waals surface area contributed by atoms with Crippen LogP contribution in [0.1, 0.15) is 36.5 Å². The molecular weight excluding hydrogens is 440 g/mol. The van der Waals surface area contributed by atoms with E-state index in [4.69, 9.17) is 9.40 Å². The number of aromatic nitrogens is 2. The molecule has 3 aromatic heterocycles. The lowest BCUT2D eigenvalue weighted by Gasteiger charge is -2.11. The first kappa shape index (κ1) is 22.2. The molecule has 0 amide bonds. The van der Waals surface area contributed by atoms with Crippen LogP contribution in [0.3, 0.4) is 0 Å². The summed E-state index contributed by atoms with van der Waals surface area (Å²) in [5.74, 6) is 0.458. The second kappa shape index (κ2) is 8.76. The number of furan rings is 1. The SMILES string of the molecule is Cc1cnc(-c2cc(-c3cccc(-c4cc(C(C)C)ccn4)c3)cc3c2oc2ccccc23)cc1C. The fraction of sp³-hybridized carbons (Fsp3) is 0.152. The predicted octanol–water partition coefficient (Wildman–Crippen LogP) is 9.12. The minimum atomic E-state index is 0.458. The summed E-state index contributed by atoms with van der Waals surface area (Å²) < 4.78 is 6.38. The molecule has 0 unspecified atom stereocenters. The van der Waals surface area contributed by atoms with Crippen molar-refractivity contribution in [1.82, 2.24) is 9.97 Å². The van der Waals surface area contributed by atoms with Gasteiger partial charge in [0.2, 0.25) is 0 Å². The van der Waals surface area contributed by atoms with Crippen LogP contribution in [-0.2, 0) is 0 Å². The van der Waals surface area contributed by atoms with E-state index in [0.717, 1.165) is 55.6 Å². The van der Waals surface area contributed by atoms with E-state index in [1.807, 2.05) is 24.5 Å². The molecule has 0 fully saturated rings. The van der Waals surface area contributed by atoms with Gasteiger partial charge in [-0.2, -0.15) is 0 Å². The van der Waals surface area contributed by atoms with Crippen LogP contribution in [0, 0.1) is 13.8 Å². The van der Waals surface area contributed by atoms with E-state index in [-0.39, 0.29) is 0 Å². The van der Waals surface area contributed by atoms with Crippen LogP contribution in [-0.4, -0.2) is 9.97 Å². The van der Waals surface area contributed by atoms with Crippen LogP contribution in [0.4, 0.5) is 0 Å². The summed E-state index contributed by atoms with van der Waals surface area (Å²) in [4.78, 5) is 9.45. The average molecular weight is 469 g/mol. The Balaban J connectivity index is 1.57. The third kappa shape index (κ3) is 3.87. The highest BCUT2D eigenvalue weighted by molar-refractivity contribution is 6.11. The quantitative estimate of drug-likeness (QED) is 0.259. The zero-order chi connectivity index (χ0) is 24.8. The summed E-state index contributed by atoms with van der Waals surface area (Å²) in [6, 6.07) is 27.8. The molecule has 6 rings (SSSR count). The van der Waals surface area contributed by atoms with Gasteiger partial charge in [-0.05, 0) is 90.0 Å². The van der Waals surface area contributed by atoms with Crippen LogP contribution in [0.25, 0.3) is 55.6 Å². The predicted molar refractivity (Wildman–Crippen MR) is 149 cm³/mol. The van der Waals surface area contributed by atoms with Gasteiger partial charge in [-0.3, -0.25) is 9.97 Å². The van der Waals surface area contributed by atoms with Crippen molar-refractivity contribution < 1.29 is 4.42 Å². The highest BCUT2D eigenvalue weighted by atomic mass is 16.3. The van der Waals surface area contributed by atoms with E-state index >= 15 is 0 Å². The summed E-state index contributed by atoms with van der Waals surface area (Å²) in [5.41, 5.74) is 11.8. The van der Waals surface area contributed by atoms with E-state index in [1.54, 1.807) is 0 Å². The summed E-state index contributed by atoms with van der Waals surface area (Å²) in [6.07, 6.45) is 3.85. The first-order chi connectivity index (χ1) is 17.5. The van der Waals surface area contributed by atoms with E-state index in [2.05, 4.69) is 99.4 Å². The molecule has 0 N–H and O–H groups in total. The first-order valence-electron chi connectivity index (χ1n) is 12.4. The molecule has 0 aliphatic heterocycles. The topological polar surface area (TPSA) is 38.9 Å². The van der Waals surface area contributed by atoms with Crippen molar-refractivity contribution in [2.24, 2.45) is 0 Å². The maximum absolute atomic E-state index is 6.38. The van der Waals surface area contributed by atoms with Crippen LogP contribution in [0.5, 0.6) is 0 Å². The Kier molecular flexibility index (Phi) is 5.41. The molecule has 6 aromatic rings. The number of nitrogens with zero attached hydrogens (tertiary/aromatic N) is 2. The molecule has 36 heavy (non-hydrogen) atoms. The first-order valence-corrected chi connectivity index (χ1v) is 12.4. The maximum Gasteiger partial charge on any atom is 0.144 e. The van der Waals surface area contributed by atoms with Gasteiger partial charge in [-0.15, -0.1) is 0 Å². The molecule has 0 radical (unpaired) electrons. The minimum Gasteiger partial charge on any atom is -0.455 e. The molecule has 0 atom stereocenters. The Morgan fingerprint density at radius 2 is 1.50 bits per heavy atom. The second-order valence-electron chi connectivity index (χ2n) is 9.86. The third-order valence-corrected chi connectivity index (χ3v) is 7.07. The zero-order valence-electron chi connectivity index (χ0n) is 21.0. The molecule has 0 aliphatic rings. The number of para-hydroxylation sites is 1. The fourth-order valence-corrected chi connectivity index (χ4v) is 4.78. The molecule has 176 valence electrons. The summed E-state index contributed by atoms with van der Waals surface area (Å²) in [6.45, 7) is 8.64. The van der Waals surface area contributed by atoms with Crippen molar-refractivity contribution in [3.8, 4) is 33.6 Å². The summed E-state index contributed by atoms with van der Waals surface area (Å²) in [5, 5.41) is 2.21. The number of rotatable bonds is 4. The molecule has 0 bridgehead atoms. The molecule has 0 spiro atoms. The van der Waals surface area contributed by atoms with Gasteiger partial charge in [0.25, 0.3) is 0 Å². The van der Waals surface area contributed by atoms with Gasteiger partial charge in [0, 0.05) is 34.3 Å². The van der Waals surface area contributed by atoms with Crippen molar-refractivity contribution >= 4 is 21.9 Å². The van der Waals surface area contributed by atoms with Gasteiger partial charge in [-0.25, -0.2) is 0 Å². The molecule has 3 nitrogen and oxygen atoms in total. The van der Waals surface area contributed by atoms with Gasteiger partial charge in [0.1, 0.15) is 11.2 Å². The lowest BCUT2D eigenvalue weighted by molar-refractivity contribution is 0.670. The van der Waals surface area contributed by atoms with Crippen molar-refractivity contribution in [3.05, 3.63) is 108 Å². The number of benzene rings is 3. The number of fused-ring (bicyclic) bond motifs is 3. The summed E-state index contributed by atoms with van der Waals surface area (Å²) >= 11 is 0. The maximum atomic E-state index is 6.38. The molecule has 0 saturated carbocycles. The Morgan fingerprint density at radius 3 is 2.33 bits per heavy atom. The van der Waals surface area contributed by atoms with Crippen molar-refractivity contribution in [2.45, 2.75) is 33.6 Å². The van der Waals surface area contributed by atoms with E-state index < -0.39 is 0 Å². The smallest absolute Gasteiger partial charge is 0.144 e. The number of hydrogen-bond acceptors (Lipinski definition) is 3. The van der Waals surface area contributed by atoms with E-state index in [0.29, 0.717) is 5.92 Å². The molecule has 0 aliphatic carbocycles. The van der Waals surface area contributed by atoms with Crippen LogP contribution in [0.2, 0.25) is 0 Å². The van der Waals surface area contributed by atoms with Crippen molar-refractivity contribution in [1.29, 1.82) is 0 Å². The Bertz CT molecular complexity index is 1740. The average Bonchev–Trinajstić information content (AvgIpc) is 3.28. The normalized spacial score (nSPS) is 11.6. The van der Waals surface area contributed by atoms with E-state index in [1.165, 1.54) is 16.7 Å². The van der Waals surface area contributed by atoms with Crippen molar-refractivity contribution in [2.75, 3.05) is 0 Å².